The van der Waals surface area contributed by atoms with E-state index in [1.165, 1.54) is 16.6 Å². The van der Waals surface area contributed by atoms with Gasteiger partial charge in [0.2, 0.25) is 5.91 Å². The zero-order valence-corrected chi connectivity index (χ0v) is 13.7. The molecule has 0 radical (unpaired) electrons. The molecule has 1 amide bonds. The van der Waals surface area contributed by atoms with Gasteiger partial charge in [-0.15, -0.1) is 0 Å². The number of fused-ring (bicyclic) bond motifs is 3. The van der Waals surface area contributed by atoms with Crippen LogP contribution in [0.4, 0.5) is 0 Å². The lowest BCUT2D eigenvalue weighted by Gasteiger charge is -2.30. The third kappa shape index (κ3) is 3.41. The zero-order valence-electron chi connectivity index (χ0n) is 13.7. The molecule has 0 saturated carbocycles. The normalized spacial score (nSPS) is 14.5. The summed E-state index contributed by atoms with van der Waals surface area (Å²) in [5.41, 5.74) is 3.67. The van der Waals surface area contributed by atoms with Gasteiger partial charge in [0.1, 0.15) is 0 Å². The van der Waals surface area contributed by atoms with Crippen LogP contribution in [0.2, 0.25) is 0 Å². The molecule has 124 valence electrons. The van der Waals surface area contributed by atoms with Gasteiger partial charge in [0, 0.05) is 48.2 Å². The Kier molecular flexibility index (Phi) is 4.98. The van der Waals surface area contributed by atoms with Crippen molar-refractivity contribution in [3.05, 3.63) is 35.5 Å². The van der Waals surface area contributed by atoms with Crippen LogP contribution in [0.15, 0.2) is 24.3 Å². The first-order valence-electron chi connectivity index (χ1n) is 8.42. The van der Waals surface area contributed by atoms with Gasteiger partial charge in [0.25, 0.3) is 0 Å². The fourth-order valence-corrected chi connectivity index (χ4v) is 3.40. The van der Waals surface area contributed by atoms with E-state index in [-0.39, 0.29) is 12.5 Å². The van der Waals surface area contributed by atoms with Crippen molar-refractivity contribution < 1.29 is 9.90 Å². The lowest BCUT2D eigenvalue weighted by atomic mass is 10.0. The standard InChI is InChI=1S/C18H25N3O2/c1-2-8-20(10-11-22)13-18(23)21-9-7-17-15(12-21)14-5-3-4-6-16(14)19-17/h3-6,19,22H,2,7-13H2,1H3. The van der Waals surface area contributed by atoms with Crippen LogP contribution in [-0.2, 0) is 17.8 Å². The maximum Gasteiger partial charge on any atom is 0.237 e. The lowest BCUT2D eigenvalue weighted by molar-refractivity contribution is -0.133. The Hall–Kier alpha value is -1.85. The van der Waals surface area contributed by atoms with Gasteiger partial charge in [0.05, 0.1) is 13.2 Å². The molecule has 23 heavy (non-hydrogen) atoms. The number of aromatic nitrogens is 1. The number of H-pyrrole nitrogens is 1. The fraction of sp³-hybridized carbons (Fsp3) is 0.500. The molecule has 1 aliphatic heterocycles. The number of amides is 1. The maximum atomic E-state index is 12.6. The second-order valence-corrected chi connectivity index (χ2v) is 6.19. The molecule has 3 rings (SSSR count). The highest BCUT2D eigenvalue weighted by Gasteiger charge is 2.24. The Labute approximate surface area is 136 Å². The molecule has 0 fully saturated rings. The second-order valence-electron chi connectivity index (χ2n) is 6.19. The number of para-hydroxylation sites is 1. The van der Waals surface area contributed by atoms with Gasteiger partial charge >= 0.3 is 0 Å². The predicted octanol–water partition coefficient (Wildman–Crippen LogP) is 1.76. The summed E-state index contributed by atoms with van der Waals surface area (Å²) in [5, 5.41) is 10.4. The highest BCUT2D eigenvalue weighted by atomic mass is 16.3. The largest absolute Gasteiger partial charge is 0.395 e. The van der Waals surface area contributed by atoms with Crippen LogP contribution < -0.4 is 0 Å². The third-order valence-electron chi connectivity index (χ3n) is 4.55. The summed E-state index contributed by atoms with van der Waals surface area (Å²) in [6.45, 7) is 5.43. The van der Waals surface area contributed by atoms with Crippen LogP contribution in [0.5, 0.6) is 0 Å². The van der Waals surface area contributed by atoms with Crippen LogP contribution >= 0.6 is 0 Å². The van der Waals surface area contributed by atoms with Crippen molar-refractivity contribution in [1.29, 1.82) is 0 Å². The first kappa shape index (κ1) is 16.0. The molecule has 2 heterocycles. The molecule has 1 aromatic carbocycles. The van der Waals surface area contributed by atoms with E-state index in [1.807, 2.05) is 21.9 Å². The van der Waals surface area contributed by atoms with Gasteiger partial charge in [-0.2, -0.15) is 0 Å². The summed E-state index contributed by atoms with van der Waals surface area (Å²) in [5.74, 6) is 0.155. The maximum absolute atomic E-state index is 12.6. The van der Waals surface area contributed by atoms with E-state index in [2.05, 4.69) is 24.0 Å². The molecule has 5 nitrogen and oxygen atoms in total. The van der Waals surface area contributed by atoms with Crippen molar-refractivity contribution in [2.75, 3.05) is 32.8 Å². The molecule has 0 bridgehead atoms. The first-order valence-corrected chi connectivity index (χ1v) is 8.42. The number of rotatable bonds is 6. The number of carbonyl (C=O) groups excluding carboxylic acids is 1. The zero-order chi connectivity index (χ0) is 16.2. The lowest BCUT2D eigenvalue weighted by Crippen LogP contribution is -2.43. The van der Waals surface area contributed by atoms with Gasteiger partial charge in [-0.1, -0.05) is 25.1 Å². The molecule has 1 aliphatic rings. The average molecular weight is 315 g/mol. The van der Waals surface area contributed by atoms with Crippen molar-refractivity contribution >= 4 is 16.8 Å². The van der Waals surface area contributed by atoms with Gasteiger partial charge in [-0.25, -0.2) is 0 Å². The Bertz CT molecular complexity index is 674. The van der Waals surface area contributed by atoms with E-state index < -0.39 is 0 Å². The van der Waals surface area contributed by atoms with Crippen molar-refractivity contribution in [2.45, 2.75) is 26.3 Å². The van der Waals surface area contributed by atoms with Gasteiger partial charge in [0.15, 0.2) is 0 Å². The number of hydrogen-bond acceptors (Lipinski definition) is 3. The summed E-state index contributed by atoms with van der Waals surface area (Å²) in [7, 11) is 0. The molecule has 0 atom stereocenters. The predicted molar refractivity (Wildman–Crippen MR) is 91.2 cm³/mol. The Morgan fingerprint density at radius 3 is 2.96 bits per heavy atom. The van der Waals surface area contributed by atoms with Crippen LogP contribution in [-0.4, -0.2) is 58.6 Å². The van der Waals surface area contributed by atoms with Gasteiger partial charge in [-0.3, -0.25) is 9.69 Å². The molecule has 0 unspecified atom stereocenters. The van der Waals surface area contributed by atoms with E-state index in [0.29, 0.717) is 19.6 Å². The summed E-state index contributed by atoms with van der Waals surface area (Å²) in [6.07, 6.45) is 1.86. The first-order chi connectivity index (χ1) is 11.2. The van der Waals surface area contributed by atoms with Crippen molar-refractivity contribution in [3.8, 4) is 0 Å². The molecule has 0 saturated heterocycles. The summed E-state index contributed by atoms with van der Waals surface area (Å²) < 4.78 is 0. The van der Waals surface area contributed by atoms with E-state index in [0.717, 1.165) is 31.4 Å². The number of nitrogens with zero attached hydrogens (tertiary/aromatic N) is 2. The summed E-state index contributed by atoms with van der Waals surface area (Å²) in [6, 6.07) is 8.28. The quantitative estimate of drug-likeness (QED) is 0.854. The smallest absolute Gasteiger partial charge is 0.237 e. The number of aliphatic hydroxyl groups is 1. The molecule has 1 aromatic heterocycles. The molecule has 0 spiro atoms. The van der Waals surface area contributed by atoms with Gasteiger partial charge in [-0.05, 0) is 19.0 Å². The number of nitrogens with one attached hydrogen (secondary N) is 1. The van der Waals surface area contributed by atoms with Crippen LogP contribution in [0.3, 0.4) is 0 Å². The van der Waals surface area contributed by atoms with E-state index in [9.17, 15) is 4.79 Å². The van der Waals surface area contributed by atoms with Crippen molar-refractivity contribution in [2.24, 2.45) is 0 Å². The van der Waals surface area contributed by atoms with E-state index in [1.54, 1.807) is 0 Å². The monoisotopic (exact) mass is 315 g/mol. The topological polar surface area (TPSA) is 59.6 Å². The van der Waals surface area contributed by atoms with E-state index in [4.69, 9.17) is 5.11 Å². The minimum Gasteiger partial charge on any atom is -0.395 e. The number of hydrogen-bond donors (Lipinski definition) is 2. The number of benzene rings is 1. The molecule has 2 aromatic rings. The molecule has 0 aliphatic carbocycles. The second kappa shape index (κ2) is 7.15. The van der Waals surface area contributed by atoms with Gasteiger partial charge < -0.3 is 15.0 Å². The molecular weight excluding hydrogens is 290 g/mol. The Morgan fingerprint density at radius 2 is 2.17 bits per heavy atom. The summed E-state index contributed by atoms with van der Waals surface area (Å²) >= 11 is 0. The SMILES string of the molecule is CCCN(CCO)CC(=O)N1CCc2[nH]c3ccccc3c2C1. The fourth-order valence-electron chi connectivity index (χ4n) is 3.40. The van der Waals surface area contributed by atoms with Crippen LogP contribution in [0.25, 0.3) is 10.9 Å². The molecule has 2 N–H and O–H groups in total. The van der Waals surface area contributed by atoms with E-state index >= 15 is 0 Å². The minimum atomic E-state index is 0.0971. The van der Waals surface area contributed by atoms with Crippen molar-refractivity contribution in [1.82, 2.24) is 14.8 Å². The minimum absolute atomic E-state index is 0.0971. The Balaban J connectivity index is 1.72. The molecular formula is C18H25N3O2. The number of aliphatic hydroxyl groups excluding tert-OH is 1. The molecule has 5 heteroatoms. The average Bonchev–Trinajstić information content (AvgIpc) is 2.93. The van der Waals surface area contributed by atoms with Crippen molar-refractivity contribution in [3.63, 3.8) is 0 Å². The Morgan fingerprint density at radius 1 is 1.35 bits per heavy atom. The summed E-state index contributed by atoms with van der Waals surface area (Å²) in [4.78, 5) is 20.1. The van der Waals surface area contributed by atoms with Crippen LogP contribution in [0.1, 0.15) is 24.6 Å². The van der Waals surface area contributed by atoms with Crippen LogP contribution in [0, 0.1) is 0 Å². The number of aromatic amines is 1. The highest BCUT2D eigenvalue weighted by Crippen LogP contribution is 2.27. The highest BCUT2D eigenvalue weighted by molar-refractivity contribution is 5.86. The third-order valence-corrected chi connectivity index (χ3v) is 4.55. The number of carbonyl (C=O) groups is 1.